The number of hydrogen-bond acceptors (Lipinski definition) is 5. The summed E-state index contributed by atoms with van der Waals surface area (Å²) >= 11 is 0. The summed E-state index contributed by atoms with van der Waals surface area (Å²) in [4.78, 5) is 13.0. The Morgan fingerprint density at radius 3 is 2.62 bits per heavy atom. The molecule has 0 aromatic carbocycles. The van der Waals surface area contributed by atoms with Gasteiger partial charge in [0.25, 0.3) is 0 Å². The zero-order valence-electron chi connectivity index (χ0n) is 17.7. The van der Waals surface area contributed by atoms with Crippen molar-refractivity contribution in [2.24, 2.45) is 52.5 Å². The summed E-state index contributed by atoms with van der Waals surface area (Å²) < 4.78 is 13.3. The van der Waals surface area contributed by atoms with E-state index in [2.05, 4.69) is 6.92 Å². The number of alkyl halides is 1. The van der Waals surface area contributed by atoms with Gasteiger partial charge in [0, 0.05) is 18.3 Å². The molecule has 4 aliphatic rings. The van der Waals surface area contributed by atoms with Crippen LogP contribution in [0.5, 0.6) is 0 Å². The molecule has 164 valence electrons. The van der Waals surface area contributed by atoms with Gasteiger partial charge in [0.15, 0.2) is 5.78 Å². The number of Topliss-reactive ketones (excluding diaryl/α,β-unsaturated/α-hetero) is 1. The molecular formula is C23H38FN3O2. The minimum Gasteiger partial charge on any atom is -0.403 e. The lowest BCUT2D eigenvalue weighted by atomic mass is 9.49. The number of rotatable bonds is 5. The molecule has 0 spiro atoms. The number of carbonyl (C=O) groups excluding carboxylic acids is 1. The number of aliphatic hydroxyl groups is 1. The molecule has 29 heavy (non-hydrogen) atoms. The van der Waals surface area contributed by atoms with Crippen molar-refractivity contribution in [2.45, 2.75) is 70.3 Å². The van der Waals surface area contributed by atoms with Crippen LogP contribution < -0.4 is 11.6 Å². The van der Waals surface area contributed by atoms with E-state index in [4.69, 9.17) is 11.6 Å². The third-order valence-corrected chi connectivity index (χ3v) is 9.36. The van der Waals surface area contributed by atoms with Gasteiger partial charge in [0.05, 0.1) is 12.1 Å². The maximum Gasteiger partial charge on any atom is 0.157 e. The molecule has 0 aromatic rings. The molecule has 8 atom stereocenters. The lowest BCUT2D eigenvalue weighted by molar-refractivity contribution is -0.134. The zero-order valence-corrected chi connectivity index (χ0v) is 17.7. The van der Waals surface area contributed by atoms with E-state index in [-0.39, 0.29) is 23.7 Å². The monoisotopic (exact) mass is 407 g/mol. The number of fused-ring (bicyclic) bond motifs is 5. The SMILES string of the molecule is CC12CC[C@H]3C(CC[C@@H]4C[C@@](O)(CF)CC[C@@H]43)[C@@H]1CC[C@@H]2C(=O)CN(N)/C=C\N. The maximum absolute atomic E-state index is 13.3. The molecule has 0 saturated heterocycles. The van der Waals surface area contributed by atoms with Crippen LogP contribution in [0.15, 0.2) is 12.4 Å². The molecule has 4 saturated carbocycles. The summed E-state index contributed by atoms with van der Waals surface area (Å²) in [5, 5.41) is 11.9. The predicted octanol–water partition coefficient (Wildman–Crippen LogP) is 3.13. The van der Waals surface area contributed by atoms with Crippen molar-refractivity contribution >= 4 is 5.78 Å². The summed E-state index contributed by atoms with van der Waals surface area (Å²) in [6.45, 7) is 1.96. The van der Waals surface area contributed by atoms with Crippen LogP contribution in [0, 0.1) is 40.9 Å². The number of hydrogen-bond donors (Lipinski definition) is 3. The van der Waals surface area contributed by atoms with Crippen LogP contribution in [-0.4, -0.2) is 34.7 Å². The van der Waals surface area contributed by atoms with Gasteiger partial charge in [-0.25, -0.2) is 10.2 Å². The molecule has 5 N–H and O–H groups in total. The summed E-state index contributed by atoms with van der Waals surface area (Å²) in [7, 11) is 0. The summed E-state index contributed by atoms with van der Waals surface area (Å²) in [5.74, 6) is 9.30. The molecule has 4 aliphatic carbocycles. The van der Waals surface area contributed by atoms with Crippen LogP contribution in [-0.2, 0) is 4.79 Å². The quantitative estimate of drug-likeness (QED) is 0.481. The van der Waals surface area contributed by atoms with Crippen LogP contribution >= 0.6 is 0 Å². The molecule has 0 aliphatic heterocycles. The Bertz CT molecular complexity index is 658. The highest BCUT2D eigenvalue weighted by atomic mass is 19.1. The van der Waals surface area contributed by atoms with Crippen molar-refractivity contribution < 1.29 is 14.3 Å². The first-order valence-electron chi connectivity index (χ1n) is 11.5. The summed E-state index contributed by atoms with van der Waals surface area (Å²) in [6.07, 6.45) is 11.8. The Balaban J connectivity index is 1.46. The summed E-state index contributed by atoms with van der Waals surface area (Å²) in [6, 6.07) is 0. The number of hydrazine groups is 1. The number of ketones is 1. The first-order valence-corrected chi connectivity index (χ1v) is 11.5. The summed E-state index contributed by atoms with van der Waals surface area (Å²) in [5.41, 5.74) is 4.39. The average Bonchev–Trinajstić information content (AvgIpc) is 3.05. The third kappa shape index (κ3) is 3.60. The highest BCUT2D eigenvalue weighted by Crippen LogP contribution is 2.64. The van der Waals surface area contributed by atoms with Crippen molar-refractivity contribution in [1.82, 2.24) is 5.01 Å². The molecule has 0 heterocycles. The van der Waals surface area contributed by atoms with Crippen LogP contribution in [0.4, 0.5) is 4.39 Å². The maximum atomic E-state index is 13.3. The smallest absolute Gasteiger partial charge is 0.157 e. The zero-order chi connectivity index (χ0) is 20.8. The fraction of sp³-hybridized carbons (Fsp3) is 0.870. The van der Waals surface area contributed by atoms with Gasteiger partial charge in [0.1, 0.15) is 6.67 Å². The minimum atomic E-state index is -1.08. The number of nitrogens with two attached hydrogens (primary N) is 2. The average molecular weight is 408 g/mol. The molecule has 4 fully saturated rings. The van der Waals surface area contributed by atoms with Gasteiger partial charge in [-0.15, -0.1) is 0 Å². The second-order valence-corrected chi connectivity index (χ2v) is 10.7. The van der Waals surface area contributed by atoms with Crippen molar-refractivity contribution in [3.63, 3.8) is 0 Å². The van der Waals surface area contributed by atoms with E-state index >= 15 is 0 Å². The van der Waals surface area contributed by atoms with E-state index in [0.29, 0.717) is 42.4 Å². The van der Waals surface area contributed by atoms with Gasteiger partial charge in [-0.3, -0.25) is 4.79 Å². The number of halogens is 1. The van der Waals surface area contributed by atoms with E-state index in [1.807, 2.05) is 0 Å². The third-order valence-electron chi connectivity index (χ3n) is 9.36. The lowest BCUT2D eigenvalue weighted by Gasteiger charge is -2.57. The van der Waals surface area contributed by atoms with Crippen LogP contribution in [0.25, 0.3) is 0 Å². The van der Waals surface area contributed by atoms with Crippen molar-refractivity contribution in [2.75, 3.05) is 13.2 Å². The molecule has 5 nitrogen and oxygen atoms in total. The predicted molar refractivity (Wildman–Crippen MR) is 111 cm³/mol. The van der Waals surface area contributed by atoms with Crippen LogP contribution in [0.3, 0.4) is 0 Å². The highest BCUT2D eigenvalue weighted by molar-refractivity contribution is 5.84. The van der Waals surface area contributed by atoms with Gasteiger partial charge in [-0.1, -0.05) is 6.92 Å². The van der Waals surface area contributed by atoms with Crippen molar-refractivity contribution in [3.05, 3.63) is 12.4 Å². The molecule has 4 rings (SSSR count). The van der Waals surface area contributed by atoms with E-state index < -0.39 is 12.3 Å². The van der Waals surface area contributed by atoms with E-state index in [0.717, 1.165) is 32.1 Å². The number of nitrogens with zero attached hydrogens (tertiary/aromatic N) is 1. The Labute approximate surface area is 174 Å². The Morgan fingerprint density at radius 1 is 1.14 bits per heavy atom. The largest absolute Gasteiger partial charge is 0.403 e. The van der Waals surface area contributed by atoms with Gasteiger partial charge in [0.2, 0.25) is 0 Å². The Morgan fingerprint density at radius 2 is 1.90 bits per heavy atom. The van der Waals surface area contributed by atoms with Gasteiger partial charge < -0.3 is 15.8 Å². The normalized spacial score (nSPS) is 46.8. The van der Waals surface area contributed by atoms with Crippen molar-refractivity contribution in [3.8, 4) is 0 Å². The molecule has 6 heteroatoms. The Hall–Kier alpha value is -1.14. The molecule has 2 unspecified atom stereocenters. The molecule has 0 aromatic heterocycles. The molecule has 0 bridgehead atoms. The first kappa shape index (κ1) is 21.1. The fourth-order valence-electron chi connectivity index (χ4n) is 8.07. The Kier molecular flexibility index (Phi) is 5.71. The minimum absolute atomic E-state index is 0.0761. The second-order valence-electron chi connectivity index (χ2n) is 10.7. The standard InChI is InChI=1S/C23H38FN3O2/c1-22-8-6-17-16-7-9-23(29,14-24)12-15(16)2-3-18(17)19(22)4-5-20(22)21(28)13-27(26)11-10-25/h10-11,15-20,29H,2-9,12-14,25-26H2,1H3/b11-10-/t15-,16+,17-,18?,19+,20-,22?,23-/m1/s1. The highest BCUT2D eigenvalue weighted by Gasteiger charge is 2.59. The second kappa shape index (κ2) is 7.84. The van der Waals surface area contributed by atoms with Gasteiger partial charge in [-0.05, 0) is 92.8 Å². The van der Waals surface area contributed by atoms with Crippen LogP contribution in [0.1, 0.15) is 64.7 Å². The number of carbonyl (C=O) groups is 1. The van der Waals surface area contributed by atoms with Crippen molar-refractivity contribution in [1.29, 1.82) is 0 Å². The van der Waals surface area contributed by atoms with E-state index in [1.165, 1.54) is 24.1 Å². The van der Waals surface area contributed by atoms with Gasteiger partial charge >= 0.3 is 0 Å². The van der Waals surface area contributed by atoms with E-state index in [1.54, 1.807) is 6.20 Å². The molecular weight excluding hydrogens is 369 g/mol. The molecule has 0 amide bonds. The van der Waals surface area contributed by atoms with Crippen LogP contribution in [0.2, 0.25) is 0 Å². The lowest BCUT2D eigenvalue weighted by Crippen LogP contribution is -2.52. The first-order chi connectivity index (χ1) is 13.8. The topological polar surface area (TPSA) is 92.6 Å². The molecule has 0 radical (unpaired) electrons. The van der Waals surface area contributed by atoms with Gasteiger partial charge in [-0.2, -0.15) is 0 Å². The fourth-order valence-corrected chi connectivity index (χ4v) is 8.07. The van der Waals surface area contributed by atoms with E-state index in [9.17, 15) is 14.3 Å².